The normalized spacial score (nSPS) is 10.4. The molecule has 18 heavy (non-hydrogen) atoms. The summed E-state index contributed by atoms with van der Waals surface area (Å²) in [7, 11) is 0. The van der Waals surface area contributed by atoms with E-state index in [2.05, 4.69) is 10.3 Å². The van der Waals surface area contributed by atoms with Crippen LogP contribution in [0, 0.1) is 6.92 Å². The molecule has 1 aromatic carbocycles. The molecule has 0 amide bonds. The van der Waals surface area contributed by atoms with Crippen molar-refractivity contribution in [1.29, 1.82) is 0 Å². The number of nitrogens with zero attached hydrogens (tertiary/aromatic N) is 1. The number of anilines is 1. The van der Waals surface area contributed by atoms with Gasteiger partial charge in [0.2, 0.25) is 0 Å². The van der Waals surface area contributed by atoms with Crippen LogP contribution in [0.5, 0.6) is 0 Å². The molecule has 2 rings (SSSR count). The van der Waals surface area contributed by atoms with Crippen LogP contribution in [0.15, 0.2) is 30.5 Å². The van der Waals surface area contributed by atoms with Gasteiger partial charge < -0.3 is 5.32 Å². The molecular formula is C13H11Cl3N2. The minimum Gasteiger partial charge on any atom is -0.380 e. The third-order valence-corrected chi connectivity index (χ3v) is 3.27. The van der Waals surface area contributed by atoms with Crippen LogP contribution in [-0.4, -0.2) is 4.98 Å². The van der Waals surface area contributed by atoms with E-state index in [1.807, 2.05) is 25.1 Å². The summed E-state index contributed by atoms with van der Waals surface area (Å²) in [5.74, 6) is 0. The van der Waals surface area contributed by atoms with Gasteiger partial charge in [-0.2, -0.15) is 0 Å². The van der Waals surface area contributed by atoms with E-state index in [1.165, 1.54) is 0 Å². The van der Waals surface area contributed by atoms with Crippen molar-refractivity contribution in [3.63, 3.8) is 0 Å². The zero-order valence-electron chi connectivity index (χ0n) is 9.67. The number of nitrogens with one attached hydrogen (secondary N) is 1. The van der Waals surface area contributed by atoms with E-state index in [-0.39, 0.29) is 0 Å². The largest absolute Gasteiger partial charge is 0.380 e. The predicted molar refractivity (Wildman–Crippen MR) is 77.8 cm³/mol. The fraction of sp³-hybridized carbons (Fsp3) is 0.154. The molecule has 1 N–H and O–H groups in total. The predicted octanol–water partition coefficient (Wildman–Crippen LogP) is 4.96. The highest BCUT2D eigenvalue weighted by atomic mass is 35.5. The highest BCUT2D eigenvalue weighted by Gasteiger charge is 2.01. The molecule has 1 aromatic heterocycles. The lowest BCUT2D eigenvalue weighted by molar-refractivity contribution is 1.13. The summed E-state index contributed by atoms with van der Waals surface area (Å²) in [6.07, 6.45) is 1.70. The van der Waals surface area contributed by atoms with Crippen LogP contribution in [0.3, 0.4) is 0 Å². The SMILES string of the molecule is Cc1cc(NCc2cc(Cl)cc(Cl)c2)cnc1Cl. The second-order valence-corrected chi connectivity index (χ2v) is 5.19. The zero-order chi connectivity index (χ0) is 13.1. The summed E-state index contributed by atoms with van der Waals surface area (Å²) in [6.45, 7) is 2.54. The Kier molecular flexibility index (Phi) is 4.33. The van der Waals surface area contributed by atoms with Crippen molar-refractivity contribution < 1.29 is 0 Å². The third-order valence-electron chi connectivity index (χ3n) is 2.43. The van der Waals surface area contributed by atoms with Crippen LogP contribution in [0.2, 0.25) is 15.2 Å². The Labute approximate surface area is 121 Å². The summed E-state index contributed by atoms with van der Waals surface area (Å²) in [5, 5.41) is 5.02. The molecule has 2 nitrogen and oxygen atoms in total. The highest BCUT2D eigenvalue weighted by molar-refractivity contribution is 6.34. The van der Waals surface area contributed by atoms with Crippen molar-refractivity contribution in [3.05, 3.63) is 56.8 Å². The molecule has 0 fully saturated rings. The molecule has 0 aliphatic heterocycles. The smallest absolute Gasteiger partial charge is 0.132 e. The fourth-order valence-corrected chi connectivity index (χ4v) is 2.25. The van der Waals surface area contributed by atoms with Crippen molar-refractivity contribution in [2.45, 2.75) is 13.5 Å². The molecule has 0 radical (unpaired) electrons. The Balaban J connectivity index is 2.08. The first-order valence-electron chi connectivity index (χ1n) is 5.35. The van der Waals surface area contributed by atoms with Crippen molar-refractivity contribution in [2.24, 2.45) is 0 Å². The molecule has 0 unspecified atom stereocenters. The molecule has 0 aliphatic carbocycles. The Bertz CT molecular complexity index is 550. The molecule has 0 atom stereocenters. The number of aryl methyl sites for hydroxylation is 1. The zero-order valence-corrected chi connectivity index (χ0v) is 11.9. The molecule has 1 heterocycles. The van der Waals surface area contributed by atoms with Crippen LogP contribution >= 0.6 is 34.8 Å². The van der Waals surface area contributed by atoms with Crippen LogP contribution in [0.4, 0.5) is 5.69 Å². The first-order chi connectivity index (χ1) is 8.54. The molecule has 0 aliphatic rings. The van der Waals surface area contributed by atoms with Gasteiger partial charge in [-0.3, -0.25) is 0 Å². The standard InChI is InChI=1S/C13H11Cl3N2/c1-8-2-12(7-18-13(8)16)17-6-9-3-10(14)5-11(15)4-9/h2-5,7,17H,6H2,1H3. The fourth-order valence-electron chi connectivity index (χ4n) is 1.57. The summed E-state index contributed by atoms with van der Waals surface area (Å²) in [4.78, 5) is 4.08. The van der Waals surface area contributed by atoms with Gasteiger partial charge in [0.15, 0.2) is 0 Å². The van der Waals surface area contributed by atoms with E-state index in [9.17, 15) is 0 Å². The van der Waals surface area contributed by atoms with Gasteiger partial charge in [0, 0.05) is 16.6 Å². The Morgan fingerprint density at radius 1 is 1.06 bits per heavy atom. The van der Waals surface area contributed by atoms with E-state index in [1.54, 1.807) is 12.3 Å². The number of pyridine rings is 1. The van der Waals surface area contributed by atoms with Crippen molar-refractivity contribution in [3.8, 4) is 0 Å². The van der Waals surface area contributed by atoms with E-state index in [0.29, 0.717) is 21.7 Å². The Morgan fingerprint density at radius 3 is 2.33 bits per heavy atom. The maximum absolute atomic E-state index is 5.94. The Morgan fingerprint density at radius 2 is 1.72 bits per heavy atom. The van der Waals surface area contributed by atoms with Crippen molar-refractivity contribution in [1.82, 2.24) is 4.98 Å². The van der Waals surface area contributed by atoms with E-state index in [0.717, 1.165) is 16.8 Å². The van der Waals surface area contributed by atoms with E-state index < -0.39 is 0 Å². The first kappa shape index (κ1) is 13.5. The Hall–Kier alpha value is -0.960. The molecular weight excluding hydrogens is 291 g/mol. The molecule has 0 saturated heterocycles. The quantitative estimate of drug-likeness (QED) is 0.810. The van der Waals surface area contributed by atoms with Gasteiger partial charge in [-0.15, -0.1) is 0 Å². The summed E-state index contributed by atoms with van der Waals surface area (Å²) < 4.78 is 0. The summed E-state index contributed by atoms with van der Waals surface area (Å²) >= 11 is 17.7. The molecule has 5 heteroatoms. The summed E-state index contributed by atoms with van der Waals surface area (Å²) in [6, 6.07) is 7.40. The molecule has 2 aromatic rings. The molecule has 94 valence electrons. The number of rotatable bonds is 3. The number of halogens is 3. The number of benzene rings is 1. The van der Waals surface area contributed by atoms with Crippen molar-refractivity contribution in [2.75, 3.05) is 5.32 Å². The maximum Gasteiger partial charge on any atom is 0.132 e. The number of hydrogen-bond acceptors (Lipinski definition) is 2. The first-order valence-corrected chi connectivity index (χ1v) is 6.49. The molecule has 0 bridgehead atoms. The van der Waals surface area contributed by atoms with Gasteiger partial charge in [0.1, 0.15) is 5.15 Å². The second-order valence-electron chi connectivity index (χ2n) is 3.96. The molecule has 0 saturated carbocycles. The minimum atomic E-state index is 0.520. The average molecular weight is 302 g/mol. The van der Waals surface area contributed by atoms with Gasteiger partial charge in [-0.1, -0.05) is 34.8 Å². The number of aromatic nitrogens is 1. The second kappa shape index (κ2) is 5.79. The van der Waals surface area contributed by atoms with Gasteiger partial charge in [-0.25, -0.2) is 4.98 Å². The lowest BCUT2D eigenvalue weighted by Crippen LogP contribution is -2.00. The van der Waals surface area contributed by atoms with Crippen LogP contribution < -0.4 is 5.32 Å². The monoisotopic (exact) mass is 300 g/mol. The highest BCUT2D eigenvalue weighted by Crippen LogP contribution is 2.21. The van der Waals surface area contributed by atoms with Gasteiger partial charge >= 0.3 is 0 Å². The van der Waals surface area contributed by atoms with Crippen molar-refractivity contribution >= 4 is 40.5 Å². The topological polar surface area (TPSA) is 24.9 Å². The number of hydrogen-bond donors (Lipinski definition) is 1. The van der Waals surface area contributed by atoms with Gasteiger partial charge in [0.25, 0.3) is 0 Å². The maximum atomic E-state index is 5.94. The molecule has 0 spiro atoms. The van der Waals surface area contributed by atoms with Gasteiger partial charge in [-0.05, 0) is 42.3 Å². The van der Waals surface area contributed by atoms with E-state index >= 15 is 0 Å². The lowest BCUT2D eigenvalue weighted by Gasteiger charge is -2.08. The summed E-state index contributed by atoms with van der Waals surface area (Å²) in [5.41, 5.74) is 2.86. The minimum absolute atomic E-state index is 0.520. The van der Waals surface area contributed by atoms with Crippen LogP contribution in [0.25, 0.3) is 0 Å². The van der Waals surface area contributed by atoms with Crippen LogP contribution in [0.1, 0.15) is 11.1 Å². The lowest BCUT2D eigenvalue weighted by atomic mass is 10.2. The average Bonchev–Trinajstić information content (AvgIpc) is 2.29. The van der Waals surface area contributed by atoms with E-state index in [4.69, 9.17) is 34.8 Å². The third kappa shape index (κ3) is 3.52. The van der Waals surface area contributed by atoms with Gasteiger partial charge in [0.05, 0.1) is 11.9 Å². The van der Waals surface area contributed by atoms with Crippen LogP contribution in [-0.2, 0) is 6.54 Å².